The monoisotopic (exact) mass is 272 g/mol. The normalized spacial score (nSPS) is 10.6. The lowest BCUT2D eigenvalue weighted by Gasteiger charge is -2.05. The van der Waals surface area contributed by atoms with E-state index in [1.54, 1.807) is 0 Å². The molecule has 1 N–H and O–H groups in total. The van der Waals surface area contributed by atoms with Gasteiger partial charge in [-0.2, -0.15) is 0 Å². The molecule has 0 heterocycles. The maximum Gasteiger partial charge on any atom is 0.335 e. The molecule has 18 heavy (non-hydrogen) atoms. The Balaban J connectivity index is 2.41. The predicted octanol–water partition coefficient (Wildman–Crippen LogP) is 3.43. The van der Waals surface area contributed by atoms with Crippen molar-refractivity contribution >= 4 is 17.7 Å². The van der Waals surface area contributed by atoms with E-state index in [1.807, 2.05) is 0 Å². The lowest BCUT2D eigenvalue weighted by atomic mass is 10.2. The van der Waals surface area contributed by atoms with Crippen LogP contribution in [0.15, 0.2) is 23.1 Å². The molecule has 0 saturated heterocycles. The minimum absolute atomic E-state index is 0.103. The van der Waals surface area contributed by atoms with Gasteiger partial charge in [0.05, 0.1) is 12.2 Å². The van der Waals surface area contributed by atoms with E-state index in [2.05, 4.69) is 6.92 Å². The SMILES string of the molecule is CCCCOCCSc1cc(C(=O)O)ccc1F. The van der Waals surface area contributed by atoms with Crippen LogP contribution in [-0.4, -0.2) is 30.0 Å². The maximum absolute atomic E-state index is 13.4. The van der Waals surface area contributed by atoms with E-state index in [-0.39, 0.29) is 5.56 Å². The van der Waals surface area contributed by atoms with Crippen molar-refractivity contribution < 1.29 is 19.0 Å². The van der Waals surface area contributed by atoms with Crippen molar-refractivity contribution in [2.75, 3.05) is 19.0 Å². The molecule has 5 heteroatoms. The Bertz CT molecular complexity index is 396. The van der Waals surface area contributed by atoms with E-state index < -0.39 is 11.8 Å². The molecule has 1 aromatic carbocycles. The van der Waals surface area contributed by atoms with Crippen LogP contribution in [0.1, 0.15) is 30.1 Å². The van der Waals surface area contributed by atoms with Crippen molar-refractivity contribution in [1.82, 2.24) is 0 Å². The van der Waals surface area contributed by atoms with Crippen LogP contribution in [0.4, 0.5) is 4.39 Å². The Kier molecular flexibility index (Phi) is 6.75. The third-order valence-corrected chi connectivity index (χ3v) is 3.30. The number of rotatable bonds is 8. The van der Waals surface area contributed by atoms with Gasteiger partial charge in [0.25, 0.3) is 0 Å². The topological polar surface area (TPSA) is 46.5 Å². The molecular weight excluding hydrogens is 255 g/mol. The molecule has 0 aliphatic rings. The van der Waals surface area contributed by atoms with Gasteiger partial charge in [0, 0.05) is 17.3 Å². The van der Waals surface area contributed by atoms with E-state index in [1.165, 1.54) is 30.0 Å². The molecule has 0 aromatic heterocycles. The van der Waals surface area contributed by atoms with Crippen molar-refractivity contribution in [3.05, 3.63) is 29.6 Å². The lowest BCUT2D eigenvalue weighted by Crippen LogP contribution is -2.00. The molecule has 1 aromatic rings. The van der Waals surface area contributed by atoms with Gasteiger partial charge in [0.2, 0.25) is 0 Å². The molecule has 0 atom stereocenters. The standard InChI is InChI=1S/C13H17FO3S/c1-2-3-6-17-7-8-18-12-9-10(13(15)16)4-5-11(12)14/h4-5,9H,2-3,6-8H2,1H3,(H,15,16). The molecule has 100 valence electrons. The number of hydrogen-bond acceptors (Lipinski definition) is 3. The summed E-state index contributed by atoms with van der Waals surface area (Å²) in [4.78, 5) is 11.1. The summed E-state index contributed by atoms with van der Waals surface area (Å²) < 4.78 is 18.8. The van der Waals surface area contributed by atoms with Gasteiger partial charge in [-0.1, -0.05) is 13.3 Å². The first-order valence-electron chi connectivity index (χ1n) is 5.88. The molecule has 0 saturated carbocycles. The zero-order chi connectivity index (χ0) is 13.4. The molecule has 0 aliphatic heterocycles. The second kappa shape index (κ2) is 8.11. The van der Waals surface area contributed by atoms with Gasteiger partial charge >= 0.3 is 5.97 Å². The number of carboxylic acid groups (broad SMARTS) is 1. The van der Waals surface area contributed by atoms with Crippen molar-refractivity contribution in [1.29, 1.82) is 0 Å². The second-order valence-electron chi connectivity index (χ2n) is 3.76. The molecule has 3 nitrogen and oxygen atoms in total. The summed E-state index contributed by atoms with van der Waals surface area (Å²) in [6.07, 6.45) is 2.11. The highest BCUT2D eigenvalue weighted by atomic mass is 32.2. The molecule has 0 spiro atoms. The average molecular weight is 272 g/mol. The summed E-state index contributed by atoms with van der Waals surface area (Å²) in [5, 5.41) is 8.81. The van der Waals surface area contributed by atoms with Crippen LogP contribution in [0.25, 0.3) is 0 Å². The molecular formula is C13H17FO3S. The summed E-state index contributed by atoms with van der Waals surface area (Å²) in [5.41, 5.74) is 0.103. The number of thioether (sulfide) groups is 1. The van der Waals surface area contributed by atoms with Crippen LogP contribution < -0.4 is 0 Å². The summed E-state index contributed by atoms with van der Waals surface area (Å²) >= 11 is 1.27. The van der Waals surface area contributed by atoms with Crippen molar-refractivity contribution in [3.63, 3.8) is 0 Å². The zero-order valence-corrected chi connectivity index (χ0v) is 11.1. The molecule has 0 radical (unpaired) electrons. The predicted molar refractivity (Wildman–Crippen MR) is 69.8 cm³/mol. The number of unbranched alkanes of at least 4 members (excludes halogenated alkanes) is 1. The third-order valence-electron chi connectivity index (χ3n) is 2.31. The quantitative estimate of drug-likeness (QED) is 0.581. The first kappa shape index (κ1) is 15.0. The zero-order valence-electron chi connectivity index (χ0n) is 10.3. The summed E-state index contributed by atoms with van der Waals surface area (Å²) in [5.74, 6) is -0.821. The number of carboxylic acids is 1. The second-order valence-corrected chi connectivity index (χ2v) is 4.90. The fourth-order valence-corrected chi connectivity index (χ4v) is 2.14. The van der Waals surface area contributed by atoms with Crippen LogP contribution in [0.3, 0.4) is 0 Å². The van der Waals surface area contributed by atoms with E-state index in [0.29, 0.717) is 23.9 Å². The van der Waals surface area contributed by atoms with Gasteiger partial charge in [-0.05, 0) is 24.6 Å². The van der Waals surface area contributed by atoms with Gasteiger partial charge in [0.15, 0.2) is 0 Å². The van der Waals surface area contributed by atoms with Gasteiger partial charge in [-0.15, -0.1) is 11.8 Å². The van der Waals surface area contributed by atoms with Crippen LogP contribution >= 0.6 is 11.8 Å². The largest absolute Gasteiger partial charge is 0.478 e. The molecule has 0 bridgehead atoms. The Morgan fingerprint density at radius 2 is 2.22 bits per heavy atom. The number of ether oxygens (including phenoxy) is 1. The Labute approximate surface area is 110 Å². The third kappa shape index (κ3) is 5.06. The van der Waals surface area contributed by atoms with Crippen LogP contribution in [0.5, 0.6) is 0 Å². The van der Waals surface area contributed by atoms with Crippen LogP contribution in [-0.2, 0) is 4.74 Å². The molecule has 0 amide bonds. The van der Waals surface area contributed by atoms with Crippen LogP contribution in [0.2, 0.25) is 0 Å². The van der Waals surface area contributed by atoms with Gasteiger partial charge in [-0.25, -0.2) is 9.18 Å². The van der Waals surface area contributed by atoms with E-state index in [0.717, 1.165) is 12.8 Å². The molecule has 0 fully saturated rings. The number of aromatic carboxylic acids is 1. The maximum atomic E-state index is 13.4. The van der Waals surface area contributed by atoms with Crippen molar-refractivity contribution in [3.8, 4) is 0 Å². The number of benzene rings is 1. The Morgan fingerprint density at radius 1 is 1.44 bits per heavy atom. The molecule has 1 rings (SSSR count). The highest BCUT2D eigenvalue weighted by Crippen LogP contribution is 2.23. The van der Waals surface area contributed by atoms with E-state index >= 15 is 0 Å². The molecule has 0 aliphatic carbocycles. The molecule has 0 unspecified atom stereocenters. The number of hydrogen-bond donors (Lipinski definition) is 1. The minimum Gasteiger partial charge on any atom is -0.478 e. The van der Waals surface area contributed by atoms with Gasteiger partial charge < -0.3 is 9.84 Å². The van der Waals surface area contributed by atoms with Crippen molar-refractivity contribution in [2.45, 2.75) is 24.7 Å². The fraction of sp³-hybridized carbons (Fsp3) is 0.462. The first-order chi connectivity index (χ1) is 8.65. The summed E-state index contributed by atoms with van der Waals surface area (Å²) in [6, 6.07) is 3.80. The summed E-state index contributed by atoms with van der Waals surface area (Å²) in [6.45, 7) is 3.35. The fourth-order valence-electron chi connectivity index (χ4n) is 1.31. The van der Waals surface area contributed by atoms with Gasteiger partial charge in [0.1, 0.15) is 5.82 Å². The number of carbonyl (C=O) groups is 1. The van der Waals surface area contributed by atoms with Crippen LogP contribution in [0, 0.1) is 5.82 Å². The van der Waals surface area contributed by atoms with E-state index in [4.69, 9.17) is 9.84 Å². The Morgan fingerprint density at radius 3 is 2.89 bits per heavy atom. The van der Waals surface area contributed by atoms with Gasteiger partial charge in [-0.3, -0.25) is 0 Å². The lowest BCUT2D eigenvalue weighted by molar-refractivity contribution is 0.0696. The highest BCUT2D eigenvalue weighted by molar-refractivity contribution is 7.99. The summed E-state index contributed by atoms with van der Waals surface area (Å²) in [7, 11) is 0. The first-order valence-corrected chi connectivity index (χ1v) is 6.87. The minimum atomic E-state index is -1.05. The van der Waals surface area contributed by atoms with E-state index in [9.17, 15) is 9.18 Å². The highest BCUT2D eigenvalue weighted by Gasteiger charge is 2.08. The number of halogens is 1. The Hall–Kier alpha value is -1.07. The average Bonchev–Trinajstić information content (AvgIpc) is 2.35. The smallest absolute Gasteiger partial charge is 0.335 e. The van der Waals surface area contributed by atoms with Crippen molar-refractivity contribution in [2.24, 2.45) is 0 Å².